The predicted molar refractivity (Wildman–Crippen MR) is 58.3 cm³/mol. The van der Waals surface area contributed by atoms with Gasteiger partial charge in [0.1, 0.15) is 0 Å². The average molecular weight is 195 g/mol. The lowest BCUT2D eigenvalue weighted by Crippen LogP contribution is -2.24. The maximum atomic E-state index is 11.5. The molecule has 0 aromatic carbocycles. The molecule has 0 saturated heterocycles. The van der Waals surface area contributed by atoms with E-state index in [1.165, 1.54) is 0 Å². The third-order valence-electron chi connectivity index (χ3n) is 2.05. The summed E-state index contributed by atoms with van der Waals surface area (Å²) in [6.45, 7) is 4.67. The molecular weight excluding hydrogens is 178 g/mol. The van der Waals surface area contributed by atoms with Gasteiger partial charge in [0.05, 0.1) is 5.69 Å². The van der Waals surface area contributed by atoms with Gasteiger partial charge in [-0.1, -0.05) is 6.92 Å². The Kier molecular flexibility index (Phi) is 4.19. The Morgan fingerprint density at radius 1 is 1.57 bits per heavy atom. The van der Waals surface area contributed by atoms with Crippen LogP contribution in [0.15, 0.2) is 23.1 Å². The van der Waals surface area contributed by atoms with Crippen LogP contribution in [0.1, 0.15) is 13.3 Å². The summed E-state index contributed by atoms with van der Waals surface area (Å²) < 4.78 is 1.65. The predicted octanol–water partition coefficient (Wildman–Crippen LogP) is 0.430. The summed E-state index contributed by atoms with van der Waals surface area (Å²) >= 11 is 0. The van der Waals surface area contributed by atoms with Crippen LogP contribution >= 0.6 is 0 Å². The molecule has 4 nitrogen and oxygen atoms in total. The third kappa shape index (κ3) is 2.88. The first-order chi connectivity index (χ1) is 6.75. The molecule has 3 N–H and O–H groups in total. The highest BCUT2D eigenvalue weighted by Crippen LogP contribution is 1.92. The van der Waals surface area contributed by atoms with Crippen molar-refractivity contribution in [3.63, 3.8) is 0 Å². The first-order valence-electron chi connectivity index (χ1n) is 4.91. The molecule has 1 aromatic heterocycles. The van der Waals surface area contributed by atoms with E-state index in [1.54, 1.807) is 22.9 Å². The zero-order valence-corrected chi connectivity index (χ0v) is 8.49. The molecule has 14 heavy (non-hydrogen) atoms. The number of hydrogen-bond acceptors (Lipinski definition) is 3. The fraction of sp³-hybridized carbons (Fsp3) is 0.500. The van der Waals surface area contributed by atoms with Crippen LogP contribution < -0.4 is 16.6 Å². The van der Waals surface area contributed by atoms with E-state index in [0.29, 0.717) is 5.69 Å². The molecule has 0 atom stereocenters. The molecule has 0 fully saturated rings. The van der Waals surface area contributed by atoms with Gasteiger partial charge in [0.2, 0.25) is 0 Å². The van der Waals surface area contributed by atoms with Crippen molar-refractivity contribution in [3.05, 3.63) is 28.7 Å². The van der Waals surface area contributed by atoms with Gasteiger partial charge in [-0.2, -0.15) is 0 Å². The van der Waals surface area contributed by atoms with Crippen LogP contribution in [-0.2, 0) is 6.54 Å². The molecule has 0 amide bonds. The number of aromatic nitrogens is 1. The summed E-state index contributed by atoms with van der Waals surface area (Å²) in [6, 6.07) is 3.42. The number of nitrogens with one attached hydrogen (secondary N) is 1. The van der Waals surface area contributed by atoms with E-state index >= 15 is 0 Å². The summed E-state index contributed by atoms with van der Waals surface area (Å²) in [5.74, 6) is 0. The van der Waals surface area contributed by atoms with Crippen LogP contribution in [0.3, 0.4) is 0 Å². The Morgan fingerprint density at radius 2 is 2.36 bits per heavy atom. The molecule has 0 aliphatic rings. The van der Waals surface area contributed by atoms with Crippen LogP contribution in [0, 0.1) is 0 Å². The first kappa shape index (κ1) is 10.8. The van der Waals surface area contributed by atoms with Crippen LogP contribution in [-0.4, -0.2) is 17.7 Å². The maximum absolute atomic E-state index is 11.5. The van der Waals surface area contributed by atoms with Gasteiger partial charge in [0, 0.05) is 12.7 Å². The number of nitrogens with two attached hydrogens (primary N) is 1. The van der Waals surface area contributed by atoms with Gasteiger partial charge in [-0.15, -0.1) is 0 Å². The van der Waals surface area contributed by atoms with Crippen LogP contribution in [0.4, 0.5) is 5.69 Å². The van der Waals surface area contributed by atoms with E-state index < -0.39 is 0 Å². The molecule has 0 aliphatic heterocycles. The smallest absolute Gasteiger partial charge is 0.273 e. The number of pyridine rings is 1. The highest BCUT2D eigenvalue weighted by Gasteiger charge is 1.97. The molecule has 1 rings (SSSR count). The summed E-state index contributed by atoms with van der Waals surface area (Å²) in [5.41, 5.74) is 5.72. The normalized spacial score (nSPS) is 10.4. The summed E-state index contributed by atoms with van der Waals surface area (Å²) in [6.07, 6.45) is 2.71. The van der Waals surface area contributed by atoms with Gasteiger partial charge < -0.3 is 15.6 Å². The number of nitrogen functional groups attached to an aromatic ring is 1. The van der Waals surface area contributed by atoms with Crippen molar-refractivity contribution in [1.29, 1.82) is 0 Å². The molecule has 0 aliphatic carbocycles. The van der Waals surface area contributed by atoms with Crippen LogP contribution in [0.2, 0.25) is 0 Å². The van der Waals surface area contributed by atoms with Crippen LogP contribution in [0.5, 0.6) is 0 Å². The minimum Gasteiger partial charge on any atom is -0.394 e. The van der Waals surface area contributed by atoms with Crippen molar-refractivity contribution in [2.75, 3.05) is 18.8 Å². The molecule has 0 unspecified atom stereocenters. The number of hydrogen-bond donors (Lipinski definition) is 2. The zero-order valence-electron chi connectivity index (χ0n) is 8.49. The minimum atomic E-state index is -0.0935. The van der Waals surface area contributed by atoms with Gasteiger partial charge in [0.25, 0.3) is 5.56 Å². The van der Waals surface area contributed by atoms with Gasteiger partial charge in [0.15, 0.2) is 0 Å². The Hall–Kier alpha value is -1.29. The van der Waals surface area contributed by atoms with Crippen molar-refractivity contribution < 1.29 is 0 Å². The second-order valence-corrected chi connectivity index (χ2v) is 3.17. The van der Waals surface area contributed by atoms with E-state index in [-0.39, 0.29) is 5.56 Å². The number of aryl methyl sites for hydroxylation is 1. The molecule has 4 heteroatoms. The van der Waals surface area contributed by atoms with Crippen LogP contribution in [0.25, 0.3) is 0 Å². The van der Waals surface area contributed by atoms with E-state index in [1.807, 2.05) is 0 Å². The lowest BCUT2D eigenvalue weighted by molar-refractivity contribution is 0.581. The molecule has 0 bridgehead atoms. The Bertz CT molecular complexity index is 332. The molecule has 1 aromatic rings. The van der Waals surface area contributed by atoms with Gasteiger partial charge in [-0.05, 0) is 31.6 Å². The molecule has 78 valence electrons. The van der Waals surface area contributed by atoms with E-state index in [2.05, 4.69) is 12.2 Å². The fourth-order valence-electron chi connectivity index (χ4n) is 1.28. The van der Waals surface area contributed by atoms with Crippen molar-refractivity contribution in [3.8, 4) is 0 Å². The number of anilines is 1. The molecule has 0 saturated carbocycles. The first-order valence-corrected chi connectivity index (χ1v) is 4.91. The molecular formula is C10H17N3O. The summed E-state index contributed by atoms with van der Waals surface area (Å²) in [4.78, 5) is 11.5. The molecule has 0 radical (unpaired) electrons. The monoisotopic (exact) mass is 195 g/mol. The van der Waals surface area contributed by atoms with Crippen molar-refractivity contribution >= 4 is 5.69 Å². The Labute approximate surface area is 83.7 Å². The minimum absolute atomic E-state index is 0.0935. The molecule has 1 heterocycles. The number of nitrogens with zero attached hydrogens (tertiary/aromatic N) is 1. The zero-order chi connectivity index (χ0) is 10.4. The van der Waals surface area contributed by atoms with Crippen molar-refractivity contribution in [1.82, 2.24) is 9.88 Å². The molecule has 0 spiro atoms. The Morgan fingerprint density at radius 3 is 3.07 bits per heavy atom. The highest BCUT2D eigenvalue weighted by molar-refractivity contribution is 5.33. The Balaban J connectivity index is 2.51. The van der Waals surface area contributed by atoms with E-state index in [9.17, 15) is 4.79 Å². The topological polar surface area (TPSA) is 60.1 Å². The van der Waals surface area contributed by atoms with E-state index in [4.69, 9.17) is 5.73 Å². The summed E-state index contributed by atoms with van der Waals surface area (Å²) in [7, 11) is 0. The average Bonchev–Trinajstić information content (AvgIpc) is 2.19. The van der Waals surface area contributed by atoms with Gasteiger partial charge >= 0.3 is 0 Å². The highest BCUT2D eigenvalue weighted by atomic mass is 16.1. The SMILES string of the molecule is CCNCCCn1cccc(N)c1=O. The largest absolute Gasteiger partial charge is 0.394 e. The summed E-state index contributed by atoms with van der Waals surface area (Å²) in [5, 5.41) is 3.21. The quantitative estimate of drug-likeness (QED) is 0.670. The second-order valence-electron chi connectivity index (χ2n) is 3.17. The maximum Gasteiger partial charge on any atom is 0.273 e. The van der Waals surface area contributed by atoms with Crippen molar-refractivity contribution in [2.45, 2.75) is 19.9 Å². The fourth-order valence-corrected chi connectivity index (χ4v) is 1.28. The lowest BCUT2D eigenvalue weighted by atomic mass is 10.3. The third-order valence-corrected chi connectivity index (χ3v) is 2.05. The van der Waals surface area contributed by atoms with Gasteiger partial charge in [-0.25, -0.2) is 0 Å². The standard InChI is InChI=1S/C10H17N3O/c1-2-12-6-4-8-13-7-3-5-9(11)10(13)14/h3,5,7,12H,2,4,6,8,11H2,1H3. The lowest BCUT2D eigenvalue weighted by Gasteiger charge is -2.06. The second kappa shape index (κ2) is 5.44. The number of rotatable bonds is 5. The van der Waals surface area contributed by atoms with Gasteiger partial charge in [-0.3, -0.25) is 4.79 Å². The van der Waals surface area contributed by atoms with E-state index in [0.717, 1.165) is 26.1 Å². The van der Waals surface area contributed by atoms with Crippen molar-refractivity contribution in [2.24, 2.45) is 0 Å².